The molecule has 0 atom stereocenters. The van der Waals surface area contributed by atoms with E-state index in [-0.39, 0.29) is 12.3 Å². The maximum Gasteiger partial charge on any atom is 0.257 e. The fourth-order valence-electron chi connectivity index (χ4n) is 2.21. The molecule has 0 aliphatic rings. The Morgan fingerprint density at radius 3 is 2.76 bits per heavy atom. The van der Waals surface area contributed by atoms with E-state index in [2.05, 4.69) is 15.5 Å². The number of methoxy groups -OCH3 is 2. The third-order valence-corrected chi connectivity index (χ3v) is 4.29. The van der Waals surface area contributed by atoms with Crippen molar-refractivity contribution >= 4 is 22.9 Å². The molecule has 0 unspecified atom stereocenters. The minimum atomic E-state index is -0.150. The van der Waals surface area contributed by atoms with Crippen molar-refractivity contribution in [2.45, 2.75) is 12.8 Å². The number of aryl methyl sites for hydroxylation is 1. The van der Waals surface area contributed by atoms with Gasteiger partial charge in [0.15, 0.2) is 11.5 Å². The van der Waals surface area contributed by atoms with Crippen molar-refractivity contribution in [2.75, 3.05) is 19.5 Å². The fraction of sp³-hybridized carbons (Fsp3) is 0.235. The molecule has 0 bridgehead atoms. The van der Waals surface area contributed by atoms with Crippen molar-refractivity contribution in [3.63, 3.8) is 0 Å². The Balaban J connectivity index is 1.56. The summed E-state index contributed by atoms with van der Waals surface area (Å²) < 4.78 is 16.0. The molecule has 1 amide bonds. The van der Waals surface area contributed by atoms with Crippen LogP contribution in [0.1, 0.15) is 12.3 Å². The van der Waals surface area contributed by atoms with Gasteiger partial charge in [-0.05, 0) is 23.6 Å². The van der Waals surface area contributed by atoms with Crippen LogP contribution >= 0.6 is 11.3 Å². The number of anilines is 1. The Labute approximate surface area is 148 Å². The van der Waals surface area contributed by atoms with Gasteiger partial charge in [0.1, 0.15) is 0 Å². The molecule has 3 rings (SSSR count). The molecule has 2 aromatic heterocycles. The predicted octanol–water partition coefficient (Wildman–Crippen LogP) is 3.39. The number of aromatic nitrogens is 2. The van der Waals surface area contributed by atoms with E-state index in [9.17, 15) is 4.79 Å². The zero-order chi connectivity index (χ0) is 17.6. The summed E-state index contributed by atoms with van der Waals surface area (Å²) in [6.07, 6.45) is 0.609. The molecular weight excluding hydrogens is 342 g/mol. The highest BCUT2D eigenvalue weighted by molar-refractivity contribution is 7.13. The number of nitrogens with one attached hydrogen (secondary N) is 1. The maximum absolute atomic E-state index is 12.1. The van der Waals surface area contributed by atoms with Crippen LogP contribution in [-0.2, 0) is 11.2 Å². The van der Waals surface area contributed by atoms with Gasteiger partial charge in [0.25, 0.3) is 5.89 Å². The van der Waals surface area contributed by atoms with Crippen LogP contribution in [0.3, 0.4) is 0 Å². The van der Waals surface area contributed by atoms with Gasteiger partial charge in [0.2, 0.25) is 11.8 Å². The van der Waals surface area contributed by atoms with Crippen molar-refractivity contribution in [2.24, 2.45) is 0 Å². The van der Waals surface area contributed by atoms with Crippen LogP contribution in [-0.4, -0.2) is 30.3 Å². The predicted molar refractivity (Wildman–Crippen MR) is 94.1 cm³/mol. The van der Waals surface area contributed by atoms with Gasteiger partial charge >= 0.3 is 0 Å². The summed E-state index contributed by atoms with van der Waals surface area (Å²) in [5.74, 6) is 1.92. The van der Waals surface area contributed by atoms with Gasteiger partial charge < -0.3 is 19.2 Å². The molecule has 25 heavy (non-hydrogen) atoms. The Hall–Kier alpha value is -2.87. The Morgan fingerprint density at radius 2 is 2.04 bits per heavy atom. The highest BCUT2D eigenvalue weighted by Crippen LogP contribution is 2.29. The lowest BCUT2D eigenvalue weighted by molar-refractivity contribution is -0.116. The third kappa shape index (κ3) is 4.16. The lowest BCUT2D eigenvalue weighted by Gasteiger charge is -2.10. The zero-order valence-corrected chi connectivity index (χ0v) is 14.6. The first-order valence-electron chi connectivity index (χ1n) is 7.57. The van der Waals surface area contributed by atoms with Crippen LogP contribution in [0.15, 0.2) is 40.1 Å². The minimum absolute atomic E-state index is 0.150. The largest absolute Gasteiger partial charge is 0.493 e. The lowest BCUT2D eigenvalue weighted by Crippen LogP contribution is -2.12. The smallest absolute Gasteiger partial charge is 0.257 e. The first kappa shape index (κ1) is 17.0. The standard InChI is InChI=1S/C17H17N3O4S/c1-22-12-6-5-11(10-13(12)23-2)18-15(21)7-8-16-19-20-17(24-16)14-4-3-9-25-14/h3-6,9-10H,7-8H2,1-2H3,(H,18,21). The number of ether oxygens (including phenoxy) is 2. The van der Waals surface area contributed by atoms with Gasteiger partial charge in [0.05, 0.1) is 19.1 Å². The van der Waals surface area contributed by atoms with Crippen LogP contribution in [0.2, 0.25) is 0 Å². The number of rotatable bonds is 7. The lowest BCUT2D eigenvalue weighted by atomic mass is 10.2. The van der Waals surface area contributed by atoms with E-state index in [1.807, 2.05) is 17.5 Å². The van der Waals surface area contributed by atoms with Crippen LogP contribution in [0.5, 0.6) is 11.5 Å². The summed E-state index contributed by atoms with van der Waals surface area (Å²) in [4.78, 5) is 13.0. The summed E-state index contributed by atoms with van der Waals surface area (Å²) in [5.41, 5.74) is 0.632. The second-order valence-corrected chi connectivity index (χ2v) is 6.04. The summed E-state index contributed by atoms with van der Waals surface area (Å²) in [5, 5.41) is 12.7. The molecule has 130 valence electrons. The van der Waals surface area contributed by atoms with Crippen molar-refractivity contribution in [1.82, 2.24) is 10.2 Å². The van der Waals surface area contributed by atoms with E-state index in [0.717, 1.165) is 4.88 Å². The Kier molecular flexibility index (Phi) is 5.30. The molecular formula is C17H17N3O4S. The van der Waals surface area contributed by atoms with E-state index in [0.29, 0.717) is 35.4 Å². The van der Waals surface area contributed by atoms with Crippen molar-refractivity contribution in [3.8, 4) is 22.3 Å². The van der Waals surface area contributed by atoms with Gasteiger partial charge in [0, 0.05) is 24.6 Å². The number of benzene rings is 1. The highest BCUT2D eigenvalue weighted by atomic mass is 32.1. The molecule has 0 aliphatic heterocycles. The van der Waals surface area contributed by atoms with Gasteiger partial charge in [-0.2, -0.15) is 0 Å². The number of amides is 1. The third-order valence-electron chi connectivity index (χ3n) is 3.43. The fourth-order valence-corrected chi connectivity index (χ4v) is 2.86. The summed E-state index contributed by atoms with van der Waals surface area (Å²) in [6.45, 7) is 0. The van der Waals surface area contributed by atoms with Gasteiger partial charge in [-0.15, -0.1) is 21.5 Å². The molecule has 0 fully saturated rings. The van der Waals surface area contributed by atoms with Crippen LogP contribution < -0.4 is 14.8 Å². The van der Waals surface area contributed by atoms with Crippen LogP contribution in [0.25, 0.3) is 10.8 Å². The normalized spacial score (nSPS) is 10.5. The molecule has 3 aromatic rings. The second-order valence-electron chi connectivity index (χ2n) is 5.10. The topological polar surface area (TPSA) is 86.5 Å². The quantitative estimate of drug-likeness (QED) is 0.696. The van der Waals surface area contributed by atoms with E-state index < -0.39 is 0 Å². The molecule has 0 saturated heterocycles. The van der Waals surface area contributed by atoms with Gasteiger partial charge in [-0.3, -0.25) is 4.79 Å². The number of carbonyl (C=O) groups excluding carboxylic acids is 1. The first-order chi connectivity index (χ1) is 12.2. The molecule has 7 nitrogen and oxygen atoms in total. The summed E-state index contributed by atoms with van der Waals surface area (Å²) in [6, 6.07) is 9.02. The monoisotopic (exact) mass is 359 g/mol. The van der Waals surface area contributed by atoms with Gasteiger partial charge in [-0.25, -0.2) is 0 Å². The number of hydrogen-bond acceptors (Lipinski definition) is 7. The molecule has 0 radical (unpaired) electrons. The SMILES string of the molecule is COc1ccc(NC(=O)CCc2nnc(-c3cccs3)o2)cc1OC. The number of carbonyl (C=O) groups is 1. The molecule has 2 heterocycles. The van der Waals surface area contributed by atoms with Crippen molar-refractivity contribution in [1.29, 1.82) is 0 Å². The molecule has 0 saturated carbocycles. The molecule has 1 aromatic carbocycles. The number of thiophene rings is 1. The number of nitrogens with zero attached hydrogens (tertiary/aromatic N) is 2. The highest BCUT2D eigenvalue weighted by Gasteiger charge is 2.12. The Morgan fingerprint density at radius 1 is 1.20 bits per heavy atom. The molecule has 0 aliphatic carbocycles. The van der Waals surface area contributed by atoms with Gasteiger partial charge in [-0.1, -0.05) is 6.07 Å². The maximum atomic E-state index is 12.1. The minimum Gasteiger partial charge on any atom is -0.493 e. The molecule has 8 heteroatoms. The van der Waals surface area contributed by atoms with Crippen LogP contribution in [0.4, 0.5) is 5.69 Å². The van der Waals surface area contributed by atoms with Crippen molar-refractivity contribution in [3.05, 3.63) is 41.6 Å². The first-order valence-corrected chi connectivity index (χ1v) is 8.45. The van der Waals surface area contributed by atoms with E-state index in [4.69, 9.17) is 13.9 Å². The van der Waals surface area contributed by atoms with E-state index in [1.54, 1.807) is 32.4 Å². The molecule has 1 N–H and O–H groups in total. The average molecular weight is 359 g/mol. The molecule has 0 spiro atoms. The average Bonchev–Trinajstić information content (AvgIpc) is 3.31. The van der Waals surface area contributed by atoms with E-state index >= 15 is 0 Å². The number of hydrogen-bond donors (Lipinski definition) is 1. The van der Waals surface area contributed by atoms with E-state index in [1.165, 1.54) is 11.3 Å². The van der Waals surface area contributed by atoms with Crippen LogP contribution in [0, 0.1) is 0 Å². The zero-order valence-electron chi connectivity index (χ0n) is 13.8. The second kappa shape index (κ2) is 7.80. The summed E-state index contributed by atoms with van der Waals surface area (Å²) >= 11 is 1.52. The van der Waals surface area contributed by atoms with Crippen molar-refractivity contribution < 1.29 is 18.7 Å². The Bertz CT molecular complexity index is 845. The summed E-state index contributed by atoms with van der Waals surface area (Å²) in [7, 11) is 3.11.